The van der Waals surface area contributed by atoms with Crippen molar-refractivity contribution in [1.82, 2.24) is 5.06 Å². The van der Waals surface area contributed by atoms with Crippen LogP contribution in [-0.2, 0) is 14.4 Å². The van der Waals surface area contributed by atoms with Crippen molar-refractivity contribution < 1.29 is 14.4 Å². The van der Waals surface area contributed by atoms with Crippen molar-refractivity contribution in [1.29, 1.82) is 0 Å². The first-order valence-electron chi connectivity index (χ1n) is 11.1. The third-order valence-electron chi connectivity index (χ3n) is 6.21. The van der Waals surface area contributed by atoms with E-state index in [1.807, 2.05) is 6.92 Å². The number of nitrogens with zero attached hydrogens (tertiary/aromatic N) is 1. The number of carbonyl (C=O) groups is 2. The van der Waals surface area contributed by atoms with E-state index in [1.165, 1.54) is 82.1 Å². The third kappa shape index (κ3) is 7.67. The Hall–Kier alpha value is -1.06. The van der Waals surface area contributed by atoms with Crippen LogP contribution in [0.1, 0.15) is 110 Å². The maximum Gasteiger partial charge on any atom is 0.320 e. The monoisotopic (exact) mass is 365 g/mol. The van der Waals surface area contributed by atoms with Crippen LogP contribution in [0.15, 0.2) is 0 Å². The summed E-state index contributed by atoms with van der Waals surface area (Å²) in [4.78, 5) is 27.7. The number of carbonyl (C=O) groups excluding carboxylic acids is 2. The lowest BCUT2D eigenvalue weighted by Gasteiger charge is -2.22. The Balaban J connectivity index is 1.40. The first kappa shape index (κ1) is 21.2. The Morgan fingerprint density at radius 3 is 1.96 bits per heavy atom. The highest BCUT2D eigenvalue weighted by atomic mass is 16.7. The van der Waals surface area contributed by atoms with Crippen LogP contribution < -0.4 is 0 Å². The van der Waals surface area contributed by atoms with Gasteiger partial charge in [0.2, 0.25) is 0 Å². The molecule has 0 radical (unpaired) electrons. The van der Waals surface area contributed by atoms with Crippen LogP contribution in [-0.4, -0.2) is 24.0 Å². The summed E-state index contributed by atoms with van der Waals surface area (Å²) in [6, 6.07) is 0. The summed E-state index contributed by atoms with van der Waals surface area (Å²) in [5.41, 5.74) is -0.223. The number of rotatable bonds is 17. The zero-order chi connectivity index (χ0) is 18.7. The average molecular weight is 366 g/mol. The second kappa shape index (κ2) is 11.6. The fourth-order valence-electron chi connectivity index (χ4n) is 4.02. The lowest BCUT2D eigenvalue weighted by molar-refractivity contribution is -0.190. The molecular formula is C22H39NO3. The molecule has 2 aliphatic carbocycles. The van der Waals surface area contributed by atoms with Gasteiger partial charge >= 0.3 is 6.47 Å². The van der Waals surface area contributed by atoms with Crippen molar-refractivity contribution in [2.75, 3.05) is 6.54 Å². The van der Waals surface area contributed by atoms with Crippen LogP contribution in [0, 0.1) is 11.3 Å². The van der Waals surface area contributed by atoms with Gasteiger partial charge in [0.1, 0.15) is 0 Å². The summed E-state index contributed by atoms with van der Waals surface area (Å²) >= 11 is 0. The zero-order valence-electron chi connectivity index (χ0n) is 16.8. The van der Waals surface area contributed by atoms with Gasteiger partial charge in [-0.15, -0.1) is 0 Å². The molecule has 2 saturated carbocycles. The van der Waals surface area contributed by atoms with Gasteiger partial charge in [-0.1, -0.05) is 83.5 Å². The van der Waals surface area contributed by atoms with Gasteiger partial charge in [-0.05, 0) is 32.1 Å². The van der Waals surface area contributed by atoms with E-state index in [1.54, 1.807) is 0 Å². The molecule has 26 heavy (non-hydrogen) atoms. The Morgan fingerprint density at radius 2 is 1.50 bits per heavy atom. The molecule has 1 amide bonds. The fraction of sp³-hybridized carbons (Fsp3) is 0.909. The quantitative estimate of drug-likeness (QED) is 0.186. The van der Waals surface area contributed by atoms with E-state index in [0.717, 1.165) is 31.6 Å². The van der Waals surface area contributed by atoms with Gasteiger partial charge in [-0.3, -0.25) is 9.59 Å². The second-order valence-electron chi connectivity index (χ2n) is 8.50. The van der Waals surface area contributed by atoms with E-state index in [0.29, 0.717) is 13.0 Å². The highest BCUT2D eigenvalue weighted by Gasteiger charge is 2.51. The second-order valence-corrected chi connectivity index (χ2v) is 8.50. The molecule has 150 valence electrons. The summed E-state index contributed by atoms with van der Waals surface area (Å²) in [5, 5.41) is 1.23. The smallest absolute Gasteiger partial charge is 0.320 e. The van der Waals surface area contributed by atoms with Crippen molar-refractivity contribution in [2.24, 2.45) is 11.3 Å². The Bertz CT molecular complexity index is 416. The molecule has 2 fully saturated rings. The molecule has 4 nitrogen and oxygen atoms in total. The van der Waals surface area contributed by atoms with Crippen molar-refractivity contribution in [3.05, 3.63) is 0 Å². The van der Waals surface area contributed by atoms with Crippen LogP contribution in [0.2, 0.25) is 0 Å². The van der Waals surface area contributed by atoms with Crippen molar-refractivity contribution in [3.8, 4) is 0 Å². The minimum atomic E-state index is -0.223. The van der Waals surface area contributed by atoms with E-state index in [9.17, 15) is 9.59 Å². The number of hydroxylamine groups is 2. The molecule has 4 heteroatoms. The molecule has 2 aliphatic rings. The molecule has 0 heterocycles. The first-order chi connectivity index (χ1) is 12.7. The molecule has 0 aromatic heterocycles. The van der Waals surface area contributed by atoms with Crippen molar-refractivity contribution in [2.45, 2.75) is 110 Å². The van der Waals surface area contributed by atoms with Crippen LogP contribution >= 0.6 is 0 Å². The molecule has 0 atom stereocenters. The molecule has 0 unspecified atom stereocenters. The van der Waals surface area contributed by atoms with Crippen LogP contribution in [0.5, 0.6) is 0 Å². The number of unbranched alkanes of at least 4 members (excludes halogenated alkanes) is 9. The van der Waals surface area contributed by atoms with Crippen molar-refractivity contribution >= 4 is 12.4 Å². The summed E-state index contributed by atoms with van der Waals surface area (Å²) in [7, 11) is 0. The van der Waals surface area contributed by atoms with E-state index >= 15 is 0 Å². The van der Waals surface area contributed by atoms with Crippen LogP contribution in [0.3, 0.4) is 0 Å². The number of amides is 1. The van der Waals surface area contributed by atoms with Crippen molar-refractivity contribution in [3.63, 3.8) is 0 Å². The van der Waals surface area contributed by atoms with Gasteiger partial charge in [0.25, 0.3) is 5.91 Å². The Labute approximate surface area is 160 Å². The normalized spacial score (nSPS) is 17.7. The average Bonchev–Trinajstić information content (AvgIpc) is 3.55. The standard InChI is InChI=1S/C22H39NO3/c1-2-23(26-19-24)21(25)22(17-18-22)16-12-10-8-6-4-3-5-7-9-11-13-20-14-15-20/h19-20H,2-18H2,1H3. The van der Waals surface area contributed by atoms with E-state index in [-0.39, 0.29) is 11.3 Å². The Kier molecular flexibility index (Phi) is 9.49. The fourth-order valence-corrected chi connectivity index (χ4v) is 4.02. The third-order valence-corrected chi connectivity index (χ3v) is 6.21. The highest BCUT2D eigenvalue weighted by molar-refractivity contribution is 5.84. The van der Waals surface area contributed by atoms with E-state index in [4.69, 9.17) is 4.84 Å². The zero-order valence-corrected chi connectivity index (χ0v) is 16.8. The molecule has 0 N–H and O–H groups in total. The SMILES string of the molecule is CCN(OC=O)C(=O)C1(CCCCCCCCCCCCC2CC2)CC1. The summed E-state index contributed by atoms with van der Waals surface area (Å²) in [6.45, 7) is 2.62. The van der Waals surface area contributed by atoms with Gasteiger partial charge in [0.15, 0.2) is 0 Å². The molecular weight excluding hydrogens is 326 g/mol. The molecule has 0 aromatic carbocycles. The molecule has 2 rings (SSSR count). The minimum Gasteiger partial charge on any atom is -0.342 e. The van der Waals surface area contributed by atoms with Crippen LogP contribution in [0.25, 0.3) is 0 Å². The topological polar surface area (TPSA) is 46.6 Å². The van der Waals surface area contributed by atoms with E-state index in [2.05, 4.69) is 0 Å². The molecule has 0 saturated heterocycles. The lowest BCUT2D eigenvalue weighted by atomic mass is 9.96. The number of hydrogen-bond donors (Lipinski definition) is 0. The van der Waals surface area contributed by atoms with Gasteiger partial charge in [0, 0.05) is 0 Å². The molecule has 0 aliphatic heterocycles. The van der Waals surface area contributed by atoms with E-state index < -0.39 is 0 Å². The first-order valence-corrected chi connectivity index (χ1v) is 11.1. The van der Waals surface area contributed by atoms with Gasteiger partial charge in [0.05, 0.1) is 12.0 Å². The van der Waals surface area contributed by atoms with Crippen LogP contribution in [0.4, 0.5) is 0 Å². The summed E-state index contributed by atoms with van der Waals surface area (Å²) in [6.07, 6.45) is 20.8. The predicted molar refractivity (Wildman–Crippen MR) is 104 cm³/mol. The maximum absolute atomic E-state index is 12.4. The summed E-state index contributed by atoms with van der Waals surface area (Å²) in [5.74, 6) is 1.11. The highest BCUT2D eigenvalue weighted by Crippen LogP contribution is 2.51. The molecule has 0 bridgehead atoms. The largest absolute Gasteiger partial charge is 0.342 e. The summed E-state index contributed by atoms with van der Waals surface area (Å²) < 4.78 is 0. The minimum absolute atomic E-state index is 0.00813. The number of hydrogen-bond acceptors (Lipinski definition) is 3. The Morgan fingerprint density at radius 1 is 0.962 bits per heavy atom. The predicted octanol–water partition coefficient (Wildman–Crippen LogP) is 5.79. The maximum atomic E-state index is 12.4. The molecule has 0 spiro atoms. The van der Waals surface area contributed by atoms with Gasteiger partial charge < -0.3 is 4.84 Å². The molecule has 0 aromatic rings. The van der Waals surface area contributed by atoms with Gasteiger partial charge in [-0.25, -0.2) is 0 Å². The van der Waals surface area contributed by atoms with Gasteiger partial charge in [-0.2, -0.15) is 5.06 Å². The lowest BCUT2D eigenvalue weighted by Crippen LogP contribution is -2.37.